The van der Waals surface area contributed by atoms with Gasteiger partial charge in [-0.25, -0.2) is 0 Å². The molecule has 0 spiro atoms. The van der Waals surface area contributed by atoms with E-state index in [-0.39, 0.29) is 5.33 Å². The zero-order valence-corrected chi connectivity index (χ0v) is 46.6. The number of amides is 1. The van der Waals surface area contributed by atoms with Crippen molar-refractivity contribution in [3.63, 3.8) is 0 Å². The second-order valence-corrected chi connectivity index (χ2v) is 22.4. The molecular weight excluding hydrogens is 1180 g/mol. The molecule has 0 saturated carbocycles. The average Bonchev–Trinajstić information content (AvgIpc) is 3.29. The van der Waals surface area contributed by atoms with Gasteiger partial charge in [0.05, 0.1) is 76.0 Å². The van der Waals surface area contributed by atoms with Gasteiger partial charge >= 0.3 is 0 Å². The Morgan fingerprint density at radius 1 is 0.354 bits per heavy atom. The number of hydrogen-bond acceptors (Lipinski definition) is 32. The SMILES string of the molecule is CC1C(O)[C@H](O)[C@H](CO)O[C@H]1O[C@@H]1C(O)[C@H](O)C(CO)O[C@@H]1OCC1O[C@@H](O[C@@H]2C(CO)O[C@@H](O[C@@H]3C(CO)O[C@@H](NC(=O)CBr)[C@@H](C)C3O)[C@@H](C)C2O)C(O)C(O[C@H]2O[C@H](CO)[C@@H](O)C(O)C2O[C@@H]2OC(CO)[C@@H](O)C(O)[C@@H]2C)[C@@H]1O. The molecule has 7 heterocycles. The number of carbonyl (C=O) groups excluding carboxylic acids is 1. The van der Waals surface area contributed by atoms with Crippen LogP contribution in [0.2, 0.25) is 0 Å². The highest BCUT2D eigenvalue weighted by molar-refractivity contribution is 9.09. The van der Waals surface area contributed by atoms with Gasteiger partial charge in [-0.15, -0.1) is 0 Å². The fourth-order valence-corrected chi connectivity index (χ4v) is 11.1. The van der Waals surface area contributed by atoms with Gasteiger partial charge in [0.2, 0.25) is 5.91 Å². The van der Waals surface area contributed by atoms with E-state index in [4.69, 9.17) is 61.6 Å². The Balaban J connectivity index is 1.17. The van der Waals surface area contributed by atoms with Crippen LogP contribution in [-0.2, 0) is 66.4 Å². The zero-order valence-electron chi connectivity index (χ0n) is 45.0. The van der Waals surface area contributed by atoms with Crippen molar-refractivity contribution in [2.75, 3.05) is 51.6 Å². The number of aliphatic hydroxyl groups excluding tert-OH is 18. The molecule has 7 aliphatic rings. The molecular formula is C48H82BrNO32. The summed E-state index contributed by atoms with van der Waals surface area (Å²) in [7, 11) is 0. The van der Waals surface area contributed by atoms with E-state index in [0.29, 0.717) is 0 Å². The number of carbonyl (C=O) groups is 1. The van der Waals surface area contributed by atoms with Crippen LogP contribution in [0.25, 0.3) is 0 Å². The van der Waals surface area contributed by atoms with E-state index in [9.17, 15) is 96.7 Å². The number of rotatable bonds is 21. The van der Waals surface area contributed by atoms with E-state index in [1.807, 2.05) is 0 Å². The molecule has 0 radical (unpaired) electrons. The van der Waals surface area contributed by atoms with Crippen molar-refractivity contribution >= 4 is 21.8 Å². The molecule has 15 unspecified atom stereocenters. The summed E-state index contributed by atoms with van der Waals surface area (Å²) in [6, 6.07) is 0. The Hall–Kier alpha value is -1.29. The number of ether oxygens (including phenoxy) is 13. The zero-order chi connectivity index (χ0) is 60.3. The van der Waals surface area contributed by atoms with Crippen molar-refractivity contribution in [1.29, 1.82) is 0 Å². The molecule has 0 aromatic rings. The first-order valence-corrected chi connectivity index (χ1v) is 28.2. The summed E-state index contributed by atoms with van der Waals surface area (Å²) in [5.41, 5.74) is 0. The van der Waals surface area contributed by atoms with Gasteiger partial charge in [0.25, 0.3) is 0 Å². The van der Waals surface area contributed by atoms with Crippen molar-refractivity contribution in [3.05, 3.63) is 0 Å². The molecule has 0 aromatic heterocycles. The van der Waals surface area contributed by atoms with Crippen LogP contribution in [-0.4, -0.2) is 340 Å². The third-order valence-electron chi connectivity index (χ3n) is 16.4. The second-order valence-electron chi connectivity index (χ2n) is 21.8. The molecule has 0 aromatic carbocycles. The summed E-state index contributed by atoms with van der Waals surface area (Å²) in [4.78, 5) is 12.2. The lowest BCUT2D eigenvalue weighted by Crippen LogP contribution is -2.68. The number of hydrogen-bond donors (Lipinski definition) is 19. The monoisotopic (exact) mass is 1260 g/mol. The minimum Gasteiger partial charge on any atom is -0.394 e. The van der Waals surface area contributed by atoms with Gasteiger partial charge in [0, 0.05) is 23.7 Å². The molecule has 33 nitrogen and oxygen atoms in total. The first-order chi connectivity index (χ1) is 38.9. The van der Waals surface area contributed by atoms with Crippen LogP contribution >= 0.6 is 15.9 Å². The molecule has 478 valence electrons. The van der Waals surface area contributed by atoms with Crippen molar-refractivity contribution in [2.24, 2.45) is 23.7 Å². The van der Waals surface area contributed by atoms with E-state index in [1.165, 1.54) is 20.8 Å². The Labute approximate surface area is 477 Å². The number of alkyl halides is 1. The lowest BCUT2D eigenvalue weighted by Gasteiger charge is -2.50. The summed E-state index contributed by atoms with van der Waals surface area (Å²) < 4.78 is 77.7. The third kappa shape index (κ3) is 14.4. The van der Waals surface area contributed by atoms with Gasteiger partial charge in [-0.05, 0) is 0 Å². The van der Waals surface area contributed by atoms with E-state index in [2.05, 4.69) is 21.2 Å². The highest BCUT2D eigenvalue weighted by Crippen LogP contribution is 2.40. The molecule has 1 amide bonds. The van der Waals surface area contributed by atoms with E-state index in [0.717, 1.165) is 0 Å². The van der Waals surface area contributed by atoms with Gasteiger partial charge < -0.3 is 159 Å². The first kappa shape index (κ1) is 68.2. The highest BCUT2D eigenvalue weighted by Gasteiger charge is 2.58. The predicted molar refractivity (Wildman–Crippen MR) is 264 cm³/mol. The summed E-state index contributed by atoms with van der Waals surface area (Å²) in [6.07, 6.45) is -52.7. The molecule has 7 saturated heterocycles. The molecule has 7 aliphatic heterocycles. The topological polar surface area (TPSA) is 513 Å². The average molecular weight is 1270 g/mol. The largest absolute Gasteiger partial charge is 0.394 e. The van der Waals surface area contributed by atoms with Crippen LogP contribution in [0.3, 0.4) is 0 Å². The molecule has 0 aliphatic carbocycles. The third-order valence-corrected chi connectivity index (χ3v) is 16.9. The van der Waals surface area contributed by atoms with Crippen molar-refractivity contribution in [2.45, 2.75) is 218 Å². The van der Waals surface area contributed by atoms with Crippen molar-refractivity contribution < 1.29 is 158 Å². The molecule has 7 fully saturated rings. The minimum absolute atomic E-state index is 0.0904. The highest BCUT2D eigenvalue weighted by atomic mass is 79.9. The van der Waals surface area contributed by atoms with Gasteiger partial charge in [-0.3, -0.25) is 4.79 Å². The van der Waals surface area contributed by atoms with Crippen molar-refractivity contribution in [1.82, 2.24) is 5.32 Å². The number of halogens is 1. The van der Waals surface area contributed by atoms with Crippen LogP contribution in [0.5, 0.6) is 0 Å². The van der Waals surface area contributed by atoms with Gasteiger partial charge in [0.15, 0.2) is 37.7 Å². The predicted octanol–water partition coefficient (Wildman–Crippen LogP) is -10.7. The molecule has 82 heavy (non-hydrogen) atoms. The van der Waals surface area contributed by atoms with E-state index >= 15 is 0 Å². The standard InChI is InChI=1S/C48H82BrNO32/c1-13-27(60)37(21(10-55)71-42(13)50-24(57)5-49)78-45-16(4)28(61)38(22(11-56)76-45)79-46-36(69)39(80-48-41(35(68)32(65)20(9-54)75-48)82-44-15(3)26(59)30(63)18(7-52)73-44)33(66)23(77-46)12-70-47-40(34(67)31(64)19(8-53)74-47)81-43-14(2)25(58)29(62)17(6-51)72-43/h13-23,25-48,51-56,58-69H,5-12H2,1-4H3,(H,50,57)/t13-,14?,15-,16-,17-,18?,19?,20+,21?,22?,23?,25?,26?,27?,28?,29+,30+,31+,32+,33+,34?,35?,36?,37+,38+,39?,40+,41?,42+,43-,44-,45-,46-,47-,48+/m0/s1. The van der Waals surface area contributed by atoms with Crippen LogP contribution < -0.4 is 5.32 Å². The Kier molecular flexibility index (Phi) is 24.8. The summed E-state index contributed by atoms with van der Waals surface area (Å²) in [5.74, 6) is -4.63. The van der Waals surface area contributed by atoms with Crippen LogP contribution in [0, 0.1) is 23.7 Å². The summed E-state index contributed by atoms with van der Waals surface area (Å²) in [5, 5.41) is 199. The Bertz CT molecular complexity index is 1960. The minimum atomic E-state index is -2.23. The van der Waals surface area contributed by atoms with Gasteiger partial charge in [0.1, 0.15) is 128 Å². The molecule has 34 heteroatoms. The maximum Gasteiger partial charge on any atom is 0.232 e. The lowest BCUT2D eigenvalue weighted by atomic mass is 9.89. The fraction of sp³-hybridized carbons (Fsp3) is 0.979. The quantitative estimate of drug-likeness (QED) is 0.0475. The van der Waals surface area contributed by atoms with E-state index in [1.54, 1.807) is 6.92 Å². The maximum absolute atomic E-state index is 12.2. The Morgan fingerprint density at radius 3 is 1.16 bits per heavy atom. The second kappa shape index (κ2) is 29.8. The van der Waals surface area contributed by atoms with Crippen LogP contribution in [0.4, 0.5) is 0 Å². The Morgan fingerprint density at radius 2 is 0.695 bits per heavy atom. The molecule has 7 rings (SSSR count). The fourth-order valence-electron chi connectivity index (χ4n) is 11.0. The smallest absolute Gasteiger partial charge is 0.232 e. The number of aliphatic hydroxyl groups is 18. The summed E-state index contributed by atoms with van der Waals surface area (Å²) >= 11 is 3.04. The summed E-state index contributed by atoms with van der Waals surface area (Å²) in [6.45, 7) is -0.268. The van der Waals surface area contributed by atoms with Gasteiger partial charge in [-0.2, -0.15) is 0 Å². The van der Waals surface area contributed by atoms with Crippen molar-refractivity contribution in [3.8, 4) is 0 Å². The van der Waals surface area contributed by atoms with E-state index < -0.39 is 266 Å². The maximum atomic E-state index is 12.2. The lowest BCUT2D eigenvalue weighted by molar-refractivity contribution is -0.398. The number of nitrogens with one attached hydrogen (secondary N) is 1. The molecule has 35 atom stereocenters. The first-order valence-electron chi connectivity index (χ1n) is 27.0. The molecule has 19 N–H and O–H groups in total. The molecule has 0 bridgehead atoms. The normalized spacial score (nSPS) is 51.4. The van der Waals surface area contributed by atoms with Crippen LogP contribution in [0.1, 0.15) is 27.7 Å². The van der Waals surface area contributed by atoms with Crippen LogP contribution in [0.15, 0.2) is 0 Å². The van der Waals surface area contributed by atoms with Gasteiger partial charge in [-0.1, -0.05) is 43.6 Å².